The summed E-state index contributed by atoms with van der Waals surface area (Å²) in [5, 5.41) is 0. The van der Waals surface area contributed by atoms with E-state index in [0.29, 0.717) is 0 Å². The molecule has 0 bridgehead atoms. The highest BCUT2D eigenvalue weighted by molar-refractivity contribution is 9.10. The number of rotatable bonds is 4. The first-order chi connectivity index (χ1) is 9.56. The van der Waals surface area contributed by atoms with E-state index in [4.69, 9.17) is 10.6 Å². The van der Waals surface area contributed by atoms with Gasteiger partial charge in [0.15, 0.2) is 0 Å². The Kier molecular flexibility index (Phi) is 4.81. The first kappa shape index (κ1) is 15.0. The molecule has 2 aromatic rings. The summed E-state index contributed by atoms with van der Waals surface area (Å²) in [6.07, 6.45) is 0. The third kappa shape index (κ3) is 3.03. The summed E-state index contributed by atoms with van der Waals surface area (Å²) in [5.74, 6) is 6.62. The van der Waals surface area contributed by atoms with E-state index in [1.165, 1.54) is 5.56 Å². The number of nitrogens with one attached hydrogen (secondary N) is 1. The highest BCUT2D eigenvalue weighted by Gasteiger charge is 2.15. The molecule has 2 rings (SSSR count). The molecule has 0 saturated heterocycles. The predicted octanol–water partition coefficient (Wildman–Crippen LogP) is 3.63. The number of ether oxygens (including phenoxy) is 1. The van der Waals surface area contributed by atoms with Crippen LogP contribution in [0.4, 0.5) is 0 Å². The Bertz CT molecular complexity index is 613. The maximum Gasteiger partial charge on any atom is 0.119 e. The van der Waals surface area contributed by atoms with Gasteiger partial charge in [-0.3, -0.25) is 5.84 Å². The fourth-order valence-corrected chi connectivity index (χ4v) is 2.65. The average Bonchev–Trinajstić information content (AvgIpc) is 2.45. The number of methoxy groups -OCH3 is 1. The van der Waals surface area contributed by atoms with Gasteiger partial charge in [0.2, 0.25) is 0 Å². The topological polar surface area (TPSA) is 47.3 Å². The summed E-state index contributed by atoms with van der Waals surface area (Å²) < 4.78 is 6.33. The number of hydrogen-bond donors (Lipinski definition) is 2. The molecule has 0 aliphatic heterocycles. The summed E-state index contributed by atoms with van der Waals surface area (Å²) in [4.78, 5) is 0. The van der Waals surface area contributed by atoms with Crippen LogP contribution in [0.2, 0.25) is 0 Å². The van der Waals surface area contributed by atoms with Crippen LogP contribution in [0.3, 0.4) is 0 Å². The van der Waals surface area contributed by atoms with Crippen molar-refractivity contribution >= 4 is 15.9 Å². The zero-order chi connectivity index (χ0) is 14.7. The van der Waals surface area contributed by atoms with Crippen LogP contribution in [0.25, 0.3) is 0 Å². The largest absolute Gasteiger partial charge is 0.497 e. The van der Waals surface area contributed by atoms with Gasteiger partial charge in [-0.25, -0.2) is 5.43 Å². The van der Waals surface area contributed by atoms with Crippen molar-refractivity contribution in [3.05, 3.63) is 63.1 Å². The molecule has 2 aromatic carbocycles. The minimum absolute atomic E-state index is 0.0437. The molecule has 0 aliphatic carbocycles. The summed E-state index contributed by atoms with van der Waals surface area (Å²) >= 11 is 3.57. The van der Waals surface area contributed by atoms with Crippen LogP contribution < -0.4 is 16.0 Å². The van der Waals surface area contributed by atoms with Gasteiger partial charge in [0.25, 0.3) is 0 Å². The zero-order valence-corrected chi connectivity index (χ0v) is 13.5. The lowest BCUT2D eigenvalue weighted by molar-refractivity contribution is 0.414. The lowest BCUT2D eigenvalue weighted by atomic mass is 9.95. The Morgan fingerprint density at radius 3 is 2.40 bits per heavy atom. The molecule has 0 saturated carbocycles. The standard InChI is InChI=1S/C16H19BrN2O/c1-10-4-5-12(9-15(10)17)16(19-18)14-7-6-13(20-3)8-11(14)2/h4-9,16,19H,18H2,1-3H3. The molecule has 106 valence electrons. The van der Waals surface area contributed by atoms with E-state index < -0.39 is 0 Å². The van der Waals surface area contributed by atoms with E-state index >= 15 is 0 Å². The van der Waals surface area contributed by atoms with Crippen LogP contribution in [0.1, 0.15) is 28.3 Å². The average molecular weight is 335 g/mol. The molecule has 4 heteroatoms. The smallest absolute Gasteiger partial charge is 0.119 e. The highest BCUT2D eigenvalue weighted by Crippen LogP contribution is 2.29. The Balaban J connectivity index is 2.43. The minimum atomic E-state index is -0.0437. The first-order valence-corrected chi connectivity index (χ1v) is 7.23. The molecular weight excluding hydrogens is 316 g/mol. The van der Waals surface area contributed by atoms with Crippen LogP contribution in [0.5, 0.6) is 5.75 Å². The van der Waals surface area contributed by atoms with Crippen LogP contribution in [0, 0.1) is 13.8 Å². The van der Waals surface area contributed by atoms with Gasteiger partial charge in [-0.05, 0) is 54.3 Å². The Morgan fingerprint density at radius 2 is 1.85 bits per heavy atom. The molecule has 0 spiro atoms. The van der Waals surface area contributed by atoms with Gasteiger partial charge in [-0.1, -0.05) is 34.1 Å². The van der Waals surface area contributed by atoms with Crippen molar-refractivity contribution in [3.63, 3.8) is 0 Å². The fourth-order valence-electron chi connectivity index (χ4n) is 2.25. The molecule has 0 amide bonds. The number of halogens is 1. The molecule has 20 heavy (non-hydrogen) atoms. The molecular formula is C16H19BrN2O. The second-order valence-electron chi connectivity index (χ2n) is 4.83. The molecule has 3 N–H and O–H groups in total. The summed E-state index contributed by atoms with van der Waals surface area (Å²) in [6.45, 7) is 4.13. The van der Waals surface area contributed by atoms with Gasteiger partial charge in [-0.2, -0.15) is 0 Å². The molecule has 1 atom stereocenters. The Labute approximate surface area is 128 Å². The molecule has 0 aromatic heterocycles. The van der Waals surface area contributed by atoms with E-state index in [0.717, 1.165) is 26.9 Å². The van der Waals surface area contributed by atoms with Gasteiger partial charge >= 0.3 is 0 Å². The van der Waals surface area contributed by atoms with Crippen molar-refractivity contribution in [1.82, 2.24) is 5.43 Å². The van der Waals surface area contributed by atoms with Crippen LogP contribution in [0.15, 0.2) is 40.9 Å². The molecule has 0 fully saturated rings. The van der Waals surface area contributed by atoms with Crippen molar-refractivity contribution < 1.29 is 4.74 Å². The normalized spacial score (nSPS) is 12.2. The van der Waals surface area contributed by atoms with Gasteiger partial charge in [0.05, 0.1) is 13.2 Å². The molecule has 0 radical (unpaired) electrons. The van der Waals surface area contributed by atoms with E-state index in [9.17, 15) is 0 Å². The van der Waals surface area contributed by atoms with Gasteiger partial charge in [0, 0.05) is 4.47 Å². The van der Waals surface area contributed by atoms with Crippen molar-refractivity contribution in [3.8, 4) is 5.75 Å². The predicted molar refractivity (Wildman–Crippen MR) is 85.8 cm³/mol. The summed E-state index contributed by atoms with van der Waals surface area (Å²) in [5.41, 5.74) is 7.51. The maximum absolute atomic E-state index is 5.77. The van der Waals surface area contributed by atoms with E-state index in [-0.39, 0.29) is 6.04 Å². The van der Waals surface area contributed by atoms with Crippen LogP contribution in [-0.2, 0) is 0 Å². The lowest BCUT2D eigenvalue weighted by Gasteiger charge is -2.20. The van der Waals surface area contributed by atoms with E-state index in [1.807, 2.05) is 18.2 Å². The second-order valence-corrected chi connectivity index (χ2v) is 5.69. The van der Waals surface area contributed by atoms with Crippen molar-refractivity contribution in [2.24, 2.45) is 5.84 Å². The third-order valence-corrected chi connectivity index (χ3v) is 4.34. The minimum Gasteiger partial charge on any atom is -0.497 e. The Hall–Kier alpha value is -1.36. The Morgan fingerprint density at radius 1 is 1.10 bits per heavy atom. The van der Waals surface area contributed by atoms with Gasteiger partial charge in [0.1, 0.15) is 5.75 Å². The number of nitrogens with two attached hydrogens (primary N) is 1. The highest BCUT2D eigenvalue weighted by atomic mass is 79.9. The van der Waals surface area contributed by atoms with Crippen molar-refractivity contribution in [2.75, 3.05) is 7.11 Å². The number of hydrazine groups is 1. The summed E-state index contributed by atoms with van der Waals surface area (Å²) in [6, 6.07) is 12.3. The molecule has 0 aliphatic rings. The van der Waals surface area contributed by atoms with Crippen LogP contribution >= 0.6 is 15.9 Å². The third-order valence-electron chi connectivity index (χ3n) is 3.48. The quantitative estimate of drug-likeness (QED) is 0.663. The maximum atomic E-state index is 5.77. The lowest BCUT2D eigenvalue weighted by Crippen LogP contribution is -2.29. The van der Waals surface area contributed by atoms with Crippen molar-refractivity contribution in [2.45, 2.75) is 19.9 Å². The zero-order valence-electron chi connectivity index (χ0n) is 11.9. The number of benzene rings is 2. The first-order valence-electron chi connectivity index (χ1n) is 6.43. The summed E-state index contributed by atoms with van der Waals surface area (Å²) in [7, 11) is 1.67. The number of aryl methyl sites for hydroxylation is 2. The van der Waals surface area contributed by atoms with E-state index in [2.05, 4.69) is 53.4 Å². The van der Waals surface area contributed by atoms with Gasteiger partial charge in [-0.15, -0.1) is 0 Å². The monoisotopic (exact) mass is 334 g/mol. The van der Waals surface area contributed by atoms with E-state index in [1.54, 1.807) is 7.11 Å². The van der Waals surface area contributed by atoms with Crippen LogP contribution in [-0.4, -0.2) is 7.11 Å². The molecule has 0 heterocycles. The number of hydrogen-bond acceptors (Lipinski definition) is 3. The second kappa shape index (κ2) is 6.39. The fraction of sp³-hybridized carbons (Fsp3) is 0.250. The van der Waals surface area contributed by atoms with Crippen molar-refractivity contribution in [1.29, 1.82) is 0 Å². The molecule has 3 nitrogen and oxygen atoms in total. The van der Waals surface area contributed by atoms with Gasteiger partial charge < -0.3 is 4.74 Å². The SMILES string of the molecule is COc1ccc(C(NN)c2ccc(C)c(Br)c2)c(C)c1. The molecule has 1 unspecified atom stereocenters.